The molecule has 0 unspecified atom stereocenters. The second kappa shape index (κ2) is 7.17. The summed E-state index contributed by atoms with van der Waals surface area (Å²) in [4.78, 5) is 10.1. The fourth-order valence-corrected chi connectivity index (χ4v) is 0.269. The monoisotopic (exact) mass is 223 g/mol. The topological polar surface area (TPSA) is 29.1 Å². The quantitative estimate of drug-likeness (QED) is 0.379. The van der Waals surface area contributed by atoms with Crippen molar-refractivity contribution in [1.82, 2.24) is 5.32 Å². The minimum Gasteiger partial charge on any atom is -0.787 e. The number of nitrogens with one attached hydrogen (secondary N) is 1. The molecule has 50 valence electrons. The van der Waals surface area contributed by atoms with Crippen LogP contribution in [0.15, 0.2) is 11.5 Å². The molecule has 0 aromatic heterocycles. The second-order valence-electron chi connectivity index (χ2n) is 0.917. The predicted molar refractivity (Wildman–Crippen MR) is 30.6 cm³/mol. The Hall–Kier alpha value is 0.170. The zero-order valence-electron chi connectivity index (χ0n) is 4.27. The summed E-state index contributed by atoms with van der Waals surface area (Å²) in [5.74, 6) is -0.157. The third-order valence-electron chi connectivity index (χ3n) is 0.466. The van der Waals surface area contributed by atoms with Crippen molar-refractivity contribution in [2.75, 3.05) is 7.05 Å². The summed E-state index contributed by atoms with van der Waals surface area (Å²) < 4.78 is 0. The van der Waals surface area contributed by atoms with E-state index in [1.54, 1.807) is 7.05 Å². The fourth-order valence-electron chi connectivity index (χ4n) is 0.145. The molecule has 0 rings (SSSR count). The van der Waals surface area contributed by atoms with E-state index in [9.17, 15) is 4.79 Å². The minimum atomic E-state index is -0.157. The maximum Gasteiger partial charge on any atom is 1.00 e. The van der Waals surface area contributed by atoms with Crippen molar-refractivity contribution in [1.29, 1.82) is 0 Å². The zero-order valence-corrected chi connectivity index (χ0v) is 6.57. The number of carbonyl (C=O) groups excluding carboxylic acids is 1. The van der Waals surface area contributed by atoms with Gasteiger partial charge < -0.3 is 17.9 Å². The van der Waals surface area contributed by atoms with Gasteiger partial charge in [-0.1, -0.05) is 0 Å². The van der Waals surface area contributed by atoms with Gasteiger partial charge in [-0.05, 0) is 6.08 Å². The molecule has 8 heavy (non-hydrogen) atoms. The first-order chi connectivity index (χ1) is 3.31. The van der Waals surface area contributed by atoms with Crippen molar-refractivity contribution in [2.24, 2.45) is 0 Å². The van der Waals surface area contributed by atoms with Crippen molar-refractivity contribution < 1.29 is 27.2 Å². The van der Waals surface area contributed by atoms with Crippen LogP contribution in [0.3, 0.4) is 0 Å². The zero-order chi connectivity index (χ0) is 5.70. The second-order valence-corrected chi connectivity index (χ2v) is 1.19. The molecule has 0 fully saturated rings. The van der Waals surface area contributed by atoms with Gasteiger partial charge in [0.1, 0.15) is 0 Å². The first kappa shape index (κ1) is 11.0. The molecule has 0 saturated heterocycles. The Bertz CT molecular complexity index is 94.0. The molecule has 0 saturated carbocycles. The molecule has 0 atom stereocenters. The average Bonchev–Trinajstić information content (AvgIpc) is 1.68. The van der Waals surface area contributed by atoms with Crippen LogP contribution in [0.2, 0.25) is 0 Å². The van der Waals surface area contributed by atoms with E-state index in [-0.39, 0.29) is 28.3 Å². The van der Waals surface area contributed by atoms with Gasteiger partial charge in [0, 0.05) is 7.05 Å². The molecule has 0 spiro atoms. The number of likely N-dealkylation sites (N-methyl/N-ethyl adjacent to an activating group) is 1. The Morgan fingerprint density at radius 1 is 1.75 bits per heavy atom. The molecule has 4 heteroatoms. The van der Waals surface area contributed by atoms with Crippen LogP contribution in [0.25, 0.3) is 0 Å². The number of hydrogen-bond acceptors (Lipinski definition) is 2. The van der Waals surface area contributed by atoms with Gasteiger partial charge in [-0.25, -0.2) is 5.41 Å². The van der Waals surface area contributed by atoms with E-state index in [1.807, 2.05) is 0 Å². The van der Waals surface area contributed by atoms with Gasteiger partial charge in [0.25, 0.3) is 0 Å². The standard InChI is InChI=1S/C4H7NOS.Ag/c1-5-4(6)2-3-7;/h2-3,7H,1H3,(H,5,6);/q;+1/p-1. The van der Waals surface area contributed by atoms with Crippen molar-refractivity contribution in [3.05, 3.63) is 11.5 Å². The van der Waals surface area contributed by atoms with Crippen LogP contribution < -0.4 is 5.32 Å². The van der Waals surface area contributed by atoms with Crippen LogP contribution in [0.1, 0.15) is 0 Å². The van der Waals surface area contributed by atoms with Gasteiger partial charge in [-0.3, -0.25) is 4.79 Å². The third kappa shape index (κ3) is 6.17. The molecule has 0 bridgehead atoms. The molecule has 0 heterocycles. The van der Waals surface area contributed by atoms with Crippen LogP contribution in [-0.2, 0) is 39.8 Å². The van der Waals surface area contributed by atoms with Crippen LogP contribution >= 0.6 is 0 Å². The van der Waals surface area contributed by atoms with E-state index in [0.717, 1.165) is 0 Å². The Morgan fingerprint density at radius 3 is 2.38 bits per heavy atom. The summed E-state index contributed by atoms with van der Waals surface area (Å²) in [6.07, 6.45) is 1.29. The molecule has 0 radical (unpaired) electrons. The molecule has 1 N–H and O–H groups in total. The van der Waals surface area contributed by atoms with E-state index in [1.165, 1.54) is 11.5 Å². The third-order valence-corrected chi connectivity index (χ3v) is 0.602. The Balaban J connectivity index is 0. The first-order valence-corrected chi connectivity index (χ1v) is 2.28. The van der Waals surface area contributed by atoms with Gasteiger partial charge in [0.2, 0.25) is 5.91 Å². The van der Waals surface area contributed by atoms with Crippen LogP contribution in [0.5, 0.6) is 0 Å². The molecular weight excluding hydrogens is 218 g/mol. The number of carbonyl (C=O) groups is 1. The maximum absolute atomic E-state index is 10.1. The van der Waals surface area contributed by atoms with Crippen LogP contribution in [0, 0.1) is 0 Å². The van der Waals surface area contributed by atoms with E-state index in [4.69, 9.17) is 0 Å². The van der Waals surface area contributed by atoms with Crippen molar-refractivity contribution in [3.63, 3.8) is 0 Å². The van der Waals surface area contributed by atoms with Gasteiger partial charge in [-0.2, -0.15) is 0 Å². The SMILES string of the molecule is CNC(=O)C=C[S-].[Ag+]. The van der Waals surface area contributed by atoms with Gasteiger partial charge in [0.15, 0.2) is 0 Å². The molecule has 0 aromatic carbocycles. The first-order valence-electron chi connectivity index (χ1n) is 1.81. The predicted octanol–water partition coefficient (Wildman–Crippen LogP) is -0.209. The summed E-state index contributed by atoms with van der Waals surface area (Å²) in [5, 5.41) is 3.65. The van der Waals surface area contributed by atoms with Crippen molar-refractivity contribution in [3.8, 4) is 0 Å². The van der Waals surface area contributed by atoms with Crippen LogP contribution in [0.4, 0.5) is 0 Å². The van der Waals surface area contributed by atoms with E-state index >= 15 is 0 Å². The fraction of sp³-hybridized carbons (Fsp3) is 0.250. The molecule has 1 amide bonds. The smallest absolute Gasteiger partial charge is 0.787 e. The van der Waals surface area contributed by atoms with E-state index in [0.29, 0.717) is 0 Å². The number of hydrogen-bond donors (Lipinski definition) is 1. The summed E-state index contributed by atoms with van der Waals surface area (Å²) >= 11 is 4.35. The van der Waals surface area contributed by atoms with Crippen LogP contribution in [-0.4, -0.2) is 13.0 Å². The number of amides is 1. The Kier molecular flexibility index (Phi) is 9.89. The minimum absolute atomic E-state index is 0. The normalized spacial score (nSPS) is 8.12. The molecule has 0 aliphatic heterocycles. The van der Waals surface area contributed by atoms with Crippen molar-refractivity contribution >= 4 is 18.5 Å². The largest absolute Gasteiger partial charge is 1.00 e. The molecule has 0 aliphatic rings. The maximum atomic E-state index is 10.1. The number of rotatable bonds is 1. The summed E-state index contributed by atoms with van der Waals surface area (Å²) in [6.45, 7) is 0. The Morgan fingerprint density at radius 2 is 2.25 bits per heavy atom. The molecule has 2 nitrogen and oxygen atoms in total. The van der Waals surface area contributed by atoms with Gasteiger partial charge >= 0.3 is 22.4 Å². The molecule has 0 aliphatic carbocycles. The molecular formula is C4H6AgNOS. The van der Waals surface area contributed by atoms with Gasteiger partial charge in [-0.15, -0.1) is 0 Å². The summed E-state index contributed by atoms with van der Waals surface area (Å²) in [7, 11) is 1.55. The van der Waals surface area contributed by atoms with Crippen molar-refractivity contribution in [2.45, 2.75) is 0 Å². The average molecular weight is 224 g/mol. The summed E-state index contributed by atoms with van der Waals surface area (Å²) in [5.41, 5.74) is 0. The molecule has 0 aromatic rings. The Labute approximate surface area is 69.6 Å². The van der Waals surface area contributed by atoms with E-state index in [2.05, 4.69) is 17.9 Å². The summed E-state index contributed by atoms with van der Waals surface area (Å²) in [6, 6.07) is 0. The van der Waals surface area contributed by atoms with E-state index < -0.39 is 0 Å². The van der Waals surface area contributed by atoms with Gasteiger partial charge in [0.05, 0.1) is 0 Å².